The molecule has 0 bridgehead atoms. The minimum atomic E-state index is -1.45. The molecule has 0 aromatic rings. The third-order valence-electron chi connectivity index (χ3n) is 0.535. The van der Waals surface area contributed by atoms with E-state index in [-0.39, 0.29) is 31.4 Å². The van der Waals surface area contributed by atoms with Crippen molar-refractivity contribution >= 4 is 6.16 Å². The average molecular weight is 124 g/mol. The molecular formula is C5H9LiO3. The summed E-state index contributed by atoms with van der Waals surface area (Å²) in [4.78, 5) is 9.57. The van der Waals surface area contributed by atoms with E-state index in [0.717, 1.165) is 0 Å². The molecule has 0 amide bonds. The summed E-state index contributed by atoms with van der Waals surface area (Å²) in [7, 11) is 0. The number of carbonyl (C=O) groups is 1. The normalized spacial score (nSPS) is 8.33. The Hall–Kier alpha value is -0.133. The third-order valence-corrected chi connectivity index (χ3v) is 0.535. The Labute approximate surface area is 66.6 Å². The van der Waals surface area contributed by atoms with Gasteiger partial charge in [0.1, 0.15) is 0 Å². The van der Waals surface area contributed by atoms with Crippen molar-refractivity contribution < 1.29 is 33.5 Å². The van der Waals surface area contributed by atoms with Crippen molar-refractivity contribution in [2.75, 3.05) is 6.61 Å². The molecule has 9 heavy (non-hydrogen) atoms. The molecule has 0 aliphatic heterocycles. The molecule has 0 atom stereocenters. The number of carbonyl (C=O) groups excluding carboxylic acids is 1. The zero-order valence-electron chi connectivity index (χ0n) is 6.01. The maximum atomic E-state index is 9.57. The molecule has 0 saturated carbocycles. The Balaban J connectivity index is 0. The summed E-state index contributed by atoms with van der Waals surface area (Å²) in [5.41, 5.74) is 0. The van der Waals surface area contributed by atoms with Gasteiger partial charge in [0.25, 0.3) is 6.16 Å². The molecule has 4 heteroatoms. The Bertz CT molecular complexity index is 82.3. The maximum Gasteiger partial charge on any atom is 1.00 e. The van der Waals surface area contributed by atoms with Gasteiger partial charge in [-0.15, -0.1) is 0 Å². The van der Waals surface area contributed by atoms with Crippen LogP contribution in [0, 0.1) is 5.92 Å². The van der Waals surface area contributed by atoms with Crippen LogP contribution in [0.1, 0.15) is 13.8 Å². The van der Waals surface area contributed by atoms with Crippen molar-refractivity contribution in [3.05, 3.63) is 0 Å². The van der Waals surface area contributed by atoms with E-state index in [1.165, 1.54) is 0 Å². The average Bonchev–Trinajstić information content (AvgIpc) is 1.61. The van der Waals surface area contributed by atoms with Crippen LogP contribution in [-0.4, -0.2) is 12.8 Å². The standard InChI is InChI=1S/C5H10O3.Li/c1-4(2)3-8-5(6)7;/h4H,3H2,1-2H3,(H,6,7);/q;+1/p-1. The van der Waals surface area contributed by atoms with Crippen LogP contribution in [0.5, 0.6) is 0 Å². The van der Waals surface area contributed by atoms with Gasteiger partial charge in [0.05, 0.1) is 0 Å². The monoisotopic (exact) mass is 124 g/mol. The summed E-state index contributed by atoms with van der Waals surface area (Å²) in [6.45, 7) is 3.95. The first-order valence-corrected chi connectivity index (χ1v) is 2.46. The van der Waals surface area contributed by atoms with Crippen molar-refractivity contribution in [1.29, 1.82) is 0 Å². The second-order valence-electron chi connectivity index (χ2n) is 1.95. The molecule has 0 aromatic heterocycles. The van der Waals surface area contributed by atoms with Crippen LogP contribution in [0.4, 0.5) is 4.79 Å². The predicted molar refractivity (Wildman–Crippen MR) is 26.2 cm³/mol. The Morgan fingerprint density at radius 2 is 2.11 bits per heavy atom. The fraction of sp³-hybridized carbons (Fsp3) is 0.800. The van der Waals surface area contributed by atoms with E-state index in [1.54, 1.807) is 0 Å². The predicted octanol–water partition coefficient (Wildman–Crippen LogP) is -2.99. The zero-order valence-corrected chi connectivity index (χ0v) is 6.01. The van der Waals surface area contributed by atoms with Crippen molar-refractivity contribution in [2.24, 2.45) is 5.92 Å². The number of rotatable bonds is 2. The van der Waals surface area contributed by atoms with E-state index in [0.29, 0.717) is 0 Å². The van der Waals surface area contributed by atoms with Crippen LogP contribution in [0.15, 0.2) is 0 Å². The second-order valence-corrected chi connectivity index (χ2v) is 1.95. The Morgan fingerprint density at radius 1 is 1.67 bits per heavy atom. The quantitative estimate of drug-likeness (QED) is 0.291. The summed E-state index contributed by atoms with van der Waals surface area (Å²) >= 11 is 0. The number of carboxylic acid groups (broad SMARTS) is 1. The molecule has 48 valence electrons. The Kier molecular flexibility index (Phi) is 7.75. The van der Waals surface area contributed by atoms with Crippen molar-refractivity contribution in [3.8, 4) is 0 Å². The van der Waals surface area contributed by atoms with Crippen molar-refractivity contribution in [2.45, 2.75) is 13.8 Å². The SMILES string of the molecule is CC(C)COC(=O)[O-].[Li+]. The number of hydrogen-bond donors (Lipinski definition) is 0. The summed E-state index contributed by atoms with van der Waals surface area (Å²) in [6, 6.07) is 0. The molecule has 0 heterocycles. The van der Waals surface area contributed by atoms with E-state index in [1.807, 2.05) is 13.8 Å². The van der Waals surface area contributed by atoms with Gasteiger partial charge in [-0.05, 0) is 5.92 Å². The number of hydrogen-bond acceptors (Lipinski definition) is 3. The van der Waals surface area contributed by atoms with E-state index in [2.05, 4.69) is 4.74 Å². The van der Waals surface area contributed by atoms with E-state index < -0.39 is 6.16 Å². The van der Waals surface area contributed by atoms with Crippen LogP contribution in [-0.2, 0) is 4.74 Å². The summed E-state index contributed by atoms with van der Waals surface area (Å²) in [5.74, 6) is 0.243. The van der Waals surface area contributed by atoms with Gasteiger partial charge < -0.3 is 14.6 Å². The molecule has 0 saturated heterocycles. The zero-order chi connectivity index (χ0) is 6.57. The molecule has 0 N–H and O–H groups in total. The van der Waals surface area contributed by atoms with Crippen LogP contribution in [0.3, 0.4) is 0 Å². The first-order chi connectivity index (χ1) is 3.63. The summed E-state index contributed by atoms with van der Waals surface area (Å²) in [6.07, 6.45) is -1.45. The fourth-order valence-corrected chi connectivity index (χ4v) is 0.235. The van der Waals surface area contributed by atoms with Gasteiger partial charge in [0.2, 0.25) is 0 Å². The summed E-state index contributed by atoms with van der Waals surface area (Å²) in [5, 5.41) is 9.57. The topological polar surface area (TPSA) is 49.4 Å². The van der Waals surface area contributed by atoms with E-state index in [9.17, 15) is 9.90 Å². The molecule has 0 spiro atoms. The van der Waals surface area contributed by atoms with Gasteiger partial charge >= 0.3 is 18.9 Å². The van der Waals surface area contributed by atoms with Crippen LogP contribution in [0.25, 0.3) is 0 Å². The second kappa shape index (κ2) is 5.99. The van der Waals surface area contributed by atoms with Crippen molar-refractivity contribution in [1.82, 2.24) is 0 Å². The van der Waals surface area contributed by atoms with Gasteiger partial charge in [-0.1, -0.05) is 13.8 Å². The summed E-state index contributed by atoms with van der Waals surface area (Å²) < 4.78 is 4.11. The molecule has 0 radical (unpaired) electrons. The molecular weight excluding hydrogens is 115 g/mol. The third kappa shape index (κ3) is 11.4. The maximum absolute atomic E-state index is 9.57. The molecule has 0 aliphatic rings. The van der Waals surface area contributed by atoms with Gasteiger partial charge in [-0.3, -0.25) is 0 Å². The molecule has 0 rings (SSSR count). The minimum Gasteiger partial charge on any atom is -0.549 e. The van der Waals surface area contributed by atoms with Crippen LogP contribution in [0.2, 0.25) is 0 Å². The minimum absolute atomic E-state index is 0. The van der Waals surface area contributed by atoms with Gasteiger partial charge in [0, 0.05) is 6.61 Å². The molecule has 3 nitrogen and oxygen atoms in total. The number of ether oxygens (including phenoxy) is 1. The largest absolute Gasteiger partial charge is 1.00 e. The molecule has 0 aromatic carbocycles. The first-order valence-electron chi connectivity index (χ1n) is 2.46. The first kappa shape index (κ1) is 11.6. The van der Waals surface area contributed by atoms with E-state index >= 15 is 0 Å². The van der Waals surface area contributed by atoms with Gasteiger partial charge in [0.15, 0.2) is 0 Å². The van der Waals surface area contributed by atoms with Gasteiger partial charge in [-0.25, -0.2) is 0 Å². The molecule has 0 unspecified atom stereocenters. The fourth-order valence-electron chi connectivity index (χ4n) is 0.235. The molecule has 0 aliphatic carbocycles. The van der Waals surface area contributed by atoms with Crippen LogP contribution >= 0.6 is 0 Å². The van der Waals surface area contributed by atoms with Gasteiger partial charge in [-0.2, -0.15) is 0 Å². The Morgan fingerprint density at radius 3 is 2.22 bits per heavy atom. The van der Waals surface area contributed by atoms with E-state index in [4.69, 9.17) is 0 Å². The smallest absolute Gasteiger partial charge is 0.549 e. The van der Waals surface area contributed by atoms with Crippen molar-refractivity contribution in [3.63, 3.8) is 0 Å². The molecule has 0 fully saturated rings. The van der Waals surface area contributed by atoms with Crippen LogP contribution < -0.4 is 24.0 Å².